The van der Waals surface area contributed by atoms with Crippen LogP contribution in [0.5, 0.6) is 0 Å². The fourth-order valence-corrected chi connectivity index (χ4v) is 7.99. The third kappa shape index (κ3) is 4.54. The summed E-state index contributed by atoms with van der Waals surface area (Å²) in [6.45, 7) is 8.07. The van der Waals surface area contributed by atoms with Crippen LogP contribution in [0.2, 0.25) is 6.04 Å². The molecule has 1 heterocycles. The molecule has 1 fully saturated rings. The highest BCUT2D eigenvalue weighted by atomic mass is 28.4. The zero-order valence-corrected chi connectivity index (χ0v) is 16.5. The van der Waals surface area contributed by atoms with E-state index in [0.717, 1.165) is 31.9 Å². The lowest BCUT2D eigenvalue weighted by Gasteiger charge is -2.48. The molecule has 22 heavy (non-hydrogen) atoms. The molecule has 5 heteroatoms. The molecule has 1 saturated heterocycles. The highest BCUT2D eigenvalue weighted by Gasteiger charge is 2.58. The molecule has 0 bridgehead atoms. The molecule has 1 unspecified atom stereocenters. The van der Waals surface area contributed by atoms with Gasteiger partial charge in [0, 0.05) is 21.3 Å². The molecule has 0 spiro atoms. The van der Waals surface area contributed by atoms with Gasteiger partial charge in [-0.2, -0.15) is 0 Å². The number of hydrogen-bond acceptors (Lipinski definition) is 4. The van der Waals surface area contributed by atoms with Gasteiger partial charge in [0.2, 0.25) is 0 Å². The lowest BCUT2D eigenvalue weighted by atomic mass is 10.1. The van der Waals surface area contributed by atoms with E-state index in [2.05, 4.69) is 18.7 Å². The molecule has 0 amide bonds. The summed E-state index contributed by atoms with van der Waals surface area (Å²) in [5.74, 6) is 0. The summed E-state index contributed by atoms with van der Waals surface area (Å²) in [6, 6.07) is 1.06. The van der Waals surface area contributed by atoms with Crippen LogP contribution in [0.4, 0.5) is 0 Å². The second kappa shape index (κ2) is 10.0. The van der Waals surface area contributed by atoms with E-state index < -0.39 is 8.56 Å². The maximum absolute atomic E-state index is 6.07. The fourth-order valence-electron chi connectivity index (χ4n) is 4.08. The molecule has 4 nitrogen and oxygen atoms in total. The Morgan fingerprint density at radius 1 is 0.955 bits per heavy atom. The second-order valence-corrected chi connectivity index (χ2v) is 10.2. The number of methoxy groups -OCH3 is 1. The normalized spacial score (nSPS) is 24.8. The Morgan fingerprint density at radius 3 is 2.09 bits per heavy atom. The molecular formula is C17H37NO3Si. The molecule has 0 aliphatic carbocycles. The molecule has 1 aliphatic heterocycles. The minimum absolute atomic E-state index is 0.168. The van der Waals surface area contributed by atoms with Gasteiger partial charge in [0.15, 0.2) is 0 Å². The van der Waals surface area contributed by atoms with Crippen molar-refractivity contribution in [3.05, 3.63) is 0 Å². The van der Waals surface area contributed by atoms with Crippen molar-refractivity contribution in [1.29, 1.82) is 0 Å². The number of rotatable bonds is 11. The highest BCUT2D eigenvalue weighted by Crippen LogP contribution is 2.42. The first-order valence-corrected chi connectivity index (χ1v) is 11.0. The van der Waals surface area contributed by atoms with E-state index in [1.54, 1.807) is 0 Å². The third-order valence-electron chi connectivity index (χ3n) is 5.22. The summed E-state index contributed by atoms with van der Waals surface area (Å²) in [5, 5.41) is -0.168. The Morgan fingerprint density at radius 2 is 1.59 bits per heavy atom. The van der Waals surface area contributed by atoms with Crippen LogP contribution in [-0.2, 0) is 13.6 Å². The van der Waals surface area contributed by atoms with Crippen LogP contribution in [0.1, 0.15) is 58.8 Å². The zero-order chi connectivity index (χ0) is 16.5. The summed E-state index contributed by atoms with van der Waals surface area (Å²) in [4.78, 5) is 2.58. The standard InChI is InChI=1S/C17H37NO3Si/c1-6-13-18(14-7-2)15-10-12-17(19-3)11-8-9-16-22(17,20-4)21-5/h6-16H2,1-5H3. The average molecular weight is 332 g/mol. The minimum atomic E-state index is -2.26. The molecule has 1 atom stereocenters. The van der Waals surface area contributed by atoms with E-state index in [1.165, 1.54) is 38.8 Å². The van der Waals surface area contributed by atoms with Gasteiger partial charge in [-0.05, 0) is 57.8 Å². The molecule has 0 radical (unpaired) electrons. The van der Waals surface area contributed by atoms with Crippen molar-refractivity contribution < 1.29 is 13.6 Å². The predicted molar refractivity (Wildman–Crippen MR) is 94.4 cm³/mol. The Labute approximate surface area is 138 Å². The van der Waals surface area contributed by atoms with E-state index in [1.807, 2.05) is 21.3 Å². The van der Waals surface area contributed by atoms with E-state index >= 15 is 0 Å². The number of nitrogens with zero attached hydrogens (tertiary/aromatic N) is 1. The Hall–Kier alpha value is 0.0569. The van der Waals surface area contributed by atoms with E-state index in [9.17, 15) is 0 Å². The predicted octanol–water partition coefficient (Wildman–Crippen LogP) is 3.73. The summed E-state index contributed by atoms with van der Waals surface area (Å²) in [5.41, 5.74) is 0. The van der Waals surface area contributed by atoms with Crippen LogP contribution < -0.4 is 0 Å². The van der Waals surface area contributed by atoms with E-state index in [-0.39, 0.29) is 5.22 Å². The van der Waals surface area contributed by atoms with Crippen molar-refractivity contribution in [2.24, 2.45) is 0 Å². The second-order valence-electron chi connectivity index (χ2n) is 6.51. The topological polar surface area (TPSA) is 30.9 Å². The molecule has 0 N–H and O–H groups in total. The molecule has 1 rings (SSSR count). The van der Waals surface area contributed by atoms with Crippen molar-refractivity contribution in [3.63, 3.8) is 0 Å². The summed E-state index contributed by atoms with van der Waals surface area (Å²) < 4.78 is 18.0. The molecule has 1 aliphatic rings. The first kappa shape index (κ1) is 20.1. The van der Waals surface area contributed by atoms with Crippen LogP contribution >= 0.6 is 0 Å². The minimum Gasteiger partial charge on any atom is -0.396 e. The van der Waals surface area contributed by atoms with Gasteiger partial charge in [-0.1, -0.05) is 26.7 Å². The summed E-state index contributed by atoms with van der Waals surface area (Å²) in [7, 11) is 3.22. The van der Waals surface area contributed by atoms with Crippen molar-refractivity contribution in [2.45, 2.75) is 70.1 Å². The van der Waals surface area contributed by atoms with Crippen LogP contribution in [-0.4, -0.2) is 59.6 Å². The van der Waals surface area contributed by atoms with E-state index in [4.69, 9.17) is 13.6 Å². The van der Waals surface area contributed by atoms with Gasteiger partial charge < -0.3 is 18.5 Å². The van der Waals surface area contributed by atoms with Gasteiger partial charge in [-0.3, -0.25) is 0 Å². The van der Waals surface area contributed by atoms with Crippen LogP contribution in [0.25, 0.3) is 0 Å². The first-order chi connectivity index (χ1) is 10.6. The summed E-state index contributed by atoms with van der Waals surface area (Å²) >= 11 is 0. The third-order valence-corrected chi connectivity index (χ3v) is 9.64. The van der Waals surface area contributed by atoms with Crippen LogP contribution in [0.3, 0.4) is 0 Å². The first-order valence-electron chi connectivity index (χ1n) is 9.01. The van der Waals surface area contributed by atoms with Gasteiger partial charge in [0.25, 0.3) is 0 Å². The van der Waals surface area contributed by atoms with Crippen molar-refractivity contribution in [1.82, 2.24) is 4.90 Å². The monoisotopic (exact) mass is 331 g/mol. The zero-order valence-electron chi connectivity index (χ0n) is 15.5. The van der Waals surface area contributed by atoms with E-state index in [0.29, 0.717) is 0 Å². The molecule has 132 valence electrons. The van der Waals surface area contributed by atoms with Crippen molar-refractivity contribution >= 4 is 8.56 Å². The number of hydrogen-bond donors (Lipinski definition) is 0. The number of ether oxygens (including phenoxy) is 1. The molecule has 0 aromatic carbocycles. The lowest BCUT2D eigenvalue weighted by molar-refractivity contribution is -0.0171. The molecule has 0 saturated carbocycles. The Balaban J connectivity index is 2.68. The fraction of sp³-hybridized carbons (Fsp3) is 1.00. The maximum atomic E-state index is 6.07. The van der Waals surface area contributed by atoms with Gasteiger partial charge in [0.05, 0.1) is 0 Å². The Bertz CT molecular complexity index is 294. The summed E-state index contributed by atoms with van der Waals surface area (Å²) in [6.07, 6.45) is 8.18. The van der Waals surface area contributed by atoms with Crippen LogP contribution in [0, 0.1) is 0 Å². The molecule has 0 aromatic rings. The highest BCUT2D eigenvalue weighted by molar-refractivity contribution is 6.70. The largest absolute Gasteiger partial charge is 0.396 e. The Kier molecular flexibility index (Phi) is 9.17. The molecular weight excluding hydrogens is 294 g/mol. The van der Waals surface area contributed by atoms with Crippen molar-refractivity contribution in [2.75, 3.05) is 41.0 Å². The van der Waals surface area contributed by atoms with Crippen molar-refractivity contribution in [3.8, 4) is 0 Å². The van der Waals surface area contributed by atoms with Gasteiger partial charge in [0.1, 0.15) is 5.22 Å². The quantitative estimate of drug-likeness (QED) is 0.540. The SMILES string of the molecule is CCCN(CCC)CCCC1(OC)CCCC[Si]1(OC)OC. The maximum Gasteiger partial charge on any atom is 0.370 e. The lowest BCUT2D eigenvalue weighted by Crippen LogP contribution is -2.64. The smallest absolute Gasteiger partial charge is 0.370 e. The van der Waals surface area contributed by atoms with Gasteiger partial charge in [-0.25, -0.2) is 0 Å². The van der Waals surface area contributed by atoms with Gasteiger partial charge in [-0.15, -0.1) is 0 Å². The average Bonchev–Trinajstić information content (AvgIpc) is 2.55. The van der Waals surface area contributed by atoms with Crippen LogP contribution in [0.15, 0.2) is 0 Å². The molecule has 0 aromatic heterocycles. The van der Waals surface area contributed by atoms with Gasteiger partial charge >= 0.3 is 8.56 Å².